The van der Waals surface area contributed by atoms with E-state index in [0.717, 1.165) is 5.56 Å². The molecule has 3 rings (SSSR count). The molecule has 0 saturated carbocycles. The Kier molecular flexibility index (Phi) is 8.53. The van der Waals surface area contributed by atoms with Gasteiger partial charge < -0.3 is 19.9 Å². The van der Waals surface area contributed by atoms with Crippen molar-refractivity contribution < 1.29 is 24.2 Å². The lowest BCUT2D eigenvalue weighted by Gasteiger charge is -2.21. The second-order valence-corrected chi connectivity index (χ2v) is 9.34. The first kappa shape index (κ1) is 25.8. The van der Waals surface area contributed by atoms with Gasteiger partial charge in [-0.1, -0.05) is 38.1 Å². The summed E-state index contributed by atoms with van der Waals surface area (Å²) < 4.78 is 12.6. The number of pyridine rings is 1. The van der Waals surface area contributed by atoms with Gasteiger partial charge in [-0.05, 0) is 36.5 Å². The molecule has 35 heavy (non-hydrogen) atoms. The zero-order valence-corrected chi connectivity index (χ0v) is 20.4. The minimum Gasteiger partial charge on any atom is -0.480 e. The second kappa shape index (κ2) is 11.6. The van der Waals surface area contributed by atoms with Crippen LogP contribution in [-0.2, 0) is 16.1 Å². The number of methoxy groups -OCH3 is 1. The van der Waals surface area contributed by atoms with Crippen molar-refractivity contribution in [2.75, 3.05) is 13.7 Å². The van der Waals surface area contributed by atoms with Crippen LogP contribution in [-0.4, -0.2) is 56.7 Å². The summed E-state index contributed by atoms with van der Waals surface area (Å²) in [5.74, 6) is -0.713. The zero-order chi connectivity index (χ0) is 25.4. The predicted molar refractivity (Wildman–Crippen MR) is 129 cm³/mol. The Bertz CT molecular complexity index is 1140. The number of aliphatic carboxylic acids is 1. The van der Waals surface area contributed by atoms with E-state index in [1.165, 1.54) is 6.20 Å². The van der Waals surface area contributed by atoms with Crippen LogP contribution in [0.4, 0.5) is 0 Å². The Hall–Kier alpha value is -3.79. The van der Waals surface area contributed by atoms with Crippen molar-refractivity contribution in [3.05, 3.63) is 54.4 Å². The number of carboxylic acid groups (broad SMARTS) is 1. The number of rotatable bonds is 11. The fourth-order valence-electron chi connectivity index (χ4n) is 3.22. The third-order valence-corrected chi connectivity index (χ3v) is 5.20. The van der Waals surface area contributed by atoms with Gasteiger partial charge in [-0.25, -0.2) is 14.5 Å². The molecule has 0 radical (unpaired) electrons. The molecule has 3 aromatic rings. The van der Waals surface area contributed by atoms with Crippen molar-refractivity contribution in [2.24, 2.45) is 5.41 Å². The van der Waals surface area contributed by atoms with Gasteiger partial charge in [0.25, 0.3) is 5.91 Å². The molecule has 1 atom stereocenters. The lowest BCUT2D eigenvalue weighted by atomic mass is 9.88. The van der Waals surface area contributed by atoms with E-state index in [4.69, 9.17) is 9.47 Å². The van der Waals surface area contributed by atoms with E-state index in [-0.39, 0.29) is 11.0 Å². The number of carbonyl (C=O) groups is 2. The highest BCUT2D eigenvalue weighted by Crippen LogP contribution is 2.26. The number of carbonyl (C=O) groups excluding carboxylic acids is 1. The molecule has 0 aliphatic rings. The fourth-order valence-corrected chi connectivity index (χ4v) is 3.22. The Morgan fingerprint density at radius 2 is 2.00 bits per heavy atom. The van der Waals surface area contributed by atoms with Crippen LogP contribution in [0.5, 0.6) is 11.6 Å². The summed E-state index contributed by atoms with van der Waals surface area (Å²) in [7, 11) is 1.63. The molecule has 0 fully saturated rings. The number of benzene rings is 1. The van der Waals surface area contributed by atoms with E-state index in [0.29, 0.717) is 43.3 Å². The molecule has 0 aliphatic carbocycles. The van der Waals surface area contributed by atoms with E-state index in [1.54, 1.807) is 30.0 Å². The minimum absolute atomic E-state index is 0.0309. The highest BCUT2D eigenvalue weighted by Gasteiger charge is 2.23. The van der Waals surface area contributed by atoms with E-state index in [1.807, 2.05) is 45.2 Å². The van der Waals surface area contributed by atoms with Gasteiger partial charge in [0.2, 0.25) is 5.88 Å². The maximum absolute atomic E-state index is 12.5. The maximum atomic E-state index is 12.5. The number of carboxylic acids is 1. The molecule has 0 unspecified atom stereocenters. The topological polar surface area (TPSA) is 128 Å². The summed E-state index contributed by atoms with van der Waals surface area (Å²) in [6.45, 7) is 7.22. The lowest BCUT2D eigenvalue weighted by Crippen LogP contribution is -2.41. The van der Waals surface area contributed by atoms with Gasteiger partial charge in [0, 0.05) is 24.9 Å². The first-order valence-corrected chi connectivity index (χ1v) is 11.3. The van der Waals surface area contributed by atoms with Crippen LogP contribution in [0.2, 0.25) is 0 Å². The van der Waals surface area contributed by atoms with Crippen LogP contribution in [0.25, 0.3) is 11.3 Å². The van der Waals surface area contributed by atoms with Crippen molar-refractivity contribution >= 4 is 11.9 Å². The Balaban J connectivity index is 1.63. The number of hydrogen-bond donors (Lipinski definition) is 2. The van der Waals surface area contributed by atoms with Crippen molar-refractivity contribution in [2.45, 2.75) is 46.2 Å². The molecular formula is C25H31N5O5. The summed E-state index contributed by atoms with van der Waals surface area (Å²) in [6.07, 6.45) is 4.20. The summed E-state index contributed by atoms with van der Waals surface area (Å²) in [4.78, 5) is 28.3. The van der Waals surface area contributed by atoms with Crippen molar-refractivity contribution in [1.29, 1.82) is 0 Å². The first-order chi connectivity index (χ1) is 16.6. The Morgan fingerprint density at radius 3 is 2.66 bits per heavy atom. The van der Waals surface area contributed by atoms with Crippen LogP contribution >= 0.6 is 0 Å². The molecule has 0 bridgehead atoms. The zero-order valence-electron chi connectivity index (χ0n) is 20.4. The molecule has 0 saturated heterocycles. The number of nitrogens with one attached hydrogen (secondary N) is 1. The van der Waals surface area contributed by atoms with E-state index in [2.05, 4.69) is 20.6 Å². The van der Waals surface area contributed by atoms with Gasteiger partial charge in [0.05, 0.1) is 24.9 Å². The maximum Gasteiger partial charge on any atom is 0.326 e. The van der Waals surface area contributed by atoms with Gasteiger partial charge in [0.15, 0.2) is 0 Å². The fraction of sp³-hybridized carbons (Fsp3) is 0.400. The summed E-state index contributed by atoms with van der Waals surface area (Å²) in [5, 5.41) is 20.3. The average molecular weight is 482 g/mol. The van der Waals surface area contributed by atoms with E-state index in [9.17, 15) is 14.7 Å². The quantitative estimate of drug-likeness (QED) is 0.423. The largest absolute Gasteiger partial charge is 0.480 e. The van der Waals surface area contributed by atoms with E-state index < -0.39 is 17.9 Å². The third kappa shape index (κ3) is 7.89. The highest BCUT2D eigenvalue weighted by atomic mass is 16.5. The molecule has 2 N–H and O–H groups in total. The summed E-state index contributed by atoms with van der Waals surface area (Å²) in [6, 6.07) is 9.49. The summed E-state index contributed by atoms with van der Waals surface area (Å²) in [5.41, 5.74) is 1.75. The predicted octanol–water partition coefficient (Wildman–Crippen LogP) is 3.79. The van der Waals surface area contributed by atoms with E-state index >= 15 is 0 Å². The third-order valence-electron chi connectivity index (χ3n) is 5.20. The molecular weight excluding hydrogens is 450 g/mol. The Labute approximate surface area is 204 Å². The van der Waals surface area contributed by atoms with Crippen LogP contribution < -0.4 is 10.1 Å². The number of aromatic nitrogens is 4. The monoisotopic (exact) mass is 481 g/mol. The second-order valence-electron chi connectivity index (χ2n) is 9.34. The lowest BCUT2D eigenvalue weighted by molar-refractivity contribution is -0.139. The van der Waals surface area contributed by atoms with Crippen molar-refractivity contribution in [3.63, 3.8) is 0 Å². The van der Waals surface area contributed by atoms with Gasteiger partial charge >= 0.3 is 5.97 Å². The number of nitrogens with zero attached hydrogens (tertiary/aromatic N) is 4. The van der Waals surface area contributed by atoms with Crippen molar-refractivity contribution in [3.8, 4) is 22.9 Å². The minimum atomic E-state index is -1.06. The standard InChI is InChI=1S/C25H31N5O5/c1-25(2,3)11-10-20(24(32)33)27-23(31)18-8-9-22(26-15-18)35-19-7-5-6-17(14-19)21-16-30(29-28-21)12-13-34-4/h5-9,14-16,20H,10-13H2,1-4H3,(H,27,31)(H,32,33)/t20-/m0/s1. The number of amides is 1. The molecule has 186 valence electrons. The van der Waals surface area contributed by atoms with Gasteiger partial charge in [0.1, 0.15) is 17.5 Å². The molecule has 2 heterocycles. The Morgan fingerprint density at radius 1 is 1.20 bits per heavy atom. The molecule has 2 aromatic heterocycles. The highest BCUT2D eigenvalue weighted by molar-refractivity contribution is 5.96. The van der Waals surface area contributed by atoms with Crippen LogP contribution in [0.1, 0.15) is 44.0 Å². The van der Waals surface area contributed by atoms with Crippen LogP contribution in [0.3, 0.4) is 0 Å². The molecule has 10 heteroatoms. The van der Waals surface area contributed by atoms with Crippen molar-refractivity contribution in [1.82, 2.24) is 25.3 Å². The smallest absolute Gasteiger partial charge is 0.326 e. The van der Waals surface area contributed by atoms with Crippen LogP contribution in [0.15, 0.2) is 48.8 Å². The normalized spacial score (nSPS) is 12.2. The van der Waals surface area contributed by atoms with Gasteiger partial charge in [-0.15, -0.1) is 5.10 Å². The summed E-state index contributed by atoms with van der Waals surface area (Å²) >= 11 is 0. The number of hydrogen-bond acceptors (Lipinski definition) is 7. The molecule has 0 aliphatic heterocycles. The first-order valence-electron chi connectivity index (χ1n) is 11.3. The molecule has 1 aromatic carbocycles. The van der Waals surface area contributed by atoms with Crippen LogP contribution in [0, 0.1) is 5.41 Å². The average Bonchev–Trinajstić information content (AvgIpc) is 3.29. The van der Waals surface area contributed by atoms with Gasteiger partial charge in [-0.2, -0.15) is 0 Å². The number of ether oxygens (including phenoxy) is 2. The van der Waals surface area contributed by atoms with Gasteiger partial charge in [-0.3, -0.25) is 4.79 Å². The molecule has 0 spiro atoms. The molecule has 1 amide bonds. The molecule has 10 nitrogen and oxygen atoms in total. The SMILES string of the molecule is COCCn1cc(-c2cccc(Oc3ccc(C(=O)N[C@@H](CCC(C)(C)C)C(=O)O)cn3)c2)nn1.